The van der Waals surface area contributed by atoms with E-state index < -0.39 is 0 Å². The predicted octanol–water partition coefficient (Wildman–Crippen LogP) is 4.74. The normalized spacial score (nSPS) is 14.8. The Kier molecular flexibility index (Phi) is 8.93. The van der Waals surface area contributed by atoms with Crippen LogP contribution < -0.4 is 10.5 Å². The first-order chi connectivity index (χ1) is 18.4. The molecular formula is C31H33N3O4. The van der Waals surface area contributed by atoms with Crippen molar-refractivity contribution in [2.75, 3.05) is 20.3 Å². The molecule has 3 aromatic carbocycles. The number of methoxy groups -OCH3 is 1. The zero-order valence-electron chi connectivity index (χ0n) is 21.6. The largest absolute Gasteiger partial charge is 0.491 e. The fourth-order valence-corrected chi connectivity index (χ4v) is 4.53. The van der Waals surface area contributed by atoms with Crippen molar-refractivity contribution in [1.82, 2.24) is 4.90 Å². The standard InChI is InChI=1S/C31H33N3O4/c1-37-29(35)18-15-26-20-27(34(31(26)36)19-5-8-22-6-3-2-4-7-22)21-38-28-16-13-24(14-17-28)23-9-11-25(12-10-23)30(32)33/h2-4,6-7,9-14,16-17,20,27H,5,8,15,18-19,21H2,1H3,(H3,32,33). The Morgan fingerprint density at radius 3 is 2.24 bits per heavy atom. The van der Waals surface area contributed by atoms with Crippen molar-refractivity contribution in [3.8, 4) is 16.9 Å². The van der Waals surface area contributed by atoms with Crippen LogP contribution in [0.1, 0.15) is 30.4 Å². The minimum absolute atomic E-state index is 0.0417. The highest BCUT2D eigenvalue weighted by atomic mass is 16.5. The Hall–Kier alpha value is -4.39. The van der Waals surface area contributed by atoms with Crippen LogP contribution in [0.2, 0.25) is 0 Å². The van der Waals surface area contributed by atoms with Gasteiger partial charge in [-0.1, -0.05) is 66.7 Å². The van der Waals surface area contributed by atoms with Crippen molar-refractivity contribution >= 4 is 17.7 Å². The summed E-state index contributed by atoms with van der Waals surface area (Å²) in [5, 5.41) is 7.53. The minimum atomic E-state index is -0.329. The van der Waals surface area contributed by atoms with Gasteiger partial charge in [-0.05, 0) is 54.2 Å². The summed E-state index contributed by atoms with van der Waals surface area (Å²) in [4.78, 5) is 26.7. The molecule has 3 aromatic rings. The van der Waals surface area contributed by atoms with Gasteiger partial charge in [0.2, 0.25) is 5.91 Å². The van der Waals surface area contributed by atoms with E-state index in [1.807, 2.05) is 77.7 Å². The molecule has 0 radical (unpaired) electrons. The van der Waals surface area contributed by atoms with Crippen LogP contribution in [0.25, 0.3) is 11.1 Å². The second-order valence-electron chi connectivity index (χ2n) is 9.25. The number of hydrogen-bond acceptors (Lipinski definition) is 5. The van der Waals surface area contributed by atoms with Crippen LogP contribution in [0, 0.1) is 5.41 Å². The highest BCUT2D eigenvalue weighted by Gasteiger charge is 2.32. The molecule has 38 heavy (non-hydrogen) atoms. The summed E-state index contributed by atoms with van der Waals surface area (Å²) < 4.78 is 10.8. The number of carbonyl (C=O) groups excluding carboxylic acids is 2. The van der Waals surface area contributed by atoms with Crippen LogP contribution >= 0.6 is 0 Å². The minimum Gasteiger partial charge on any atom is -0.491 e. The number of nitrogens with zero attached hydrogens (tertiary/aromatic N) is 1. The van der Waals surface area contributed by atoms with Gasteiger partial charge in [0, 0.05) is 24.1 Å². The van der Waals surface area contributed by atoms with Crippen molar-refractivity contribution in [2.24, 2.45) is 5.73 Å². The number of ether oxygens (including phenoxy) is 2. The molecule has 4 rings (SSSR count). The van der Waals surface area contributed by atoms with Crippen LogP contribution in [0.4, 0.5) is 0 Å². The second kappa shape index (κ2) is 12.7. The van der Waals surface area contributed by atoms with E-state index in [0.717, 1.165) is 24.0 Å². The van der Waals surface area contributed by atoms with Gasteiger partial charge in [0.1, 0.15) is 18.2 Å². The molecule has 1 heterocycles. The lowest BCUT2D eigenvalue weighted by atomic mass is 10.0. The lowest BCUT2D eigenvalue weighted by Crippen LogP contribution is -2.39. The molecule has 1 aliphatic heterocycles. The number of nitrogen functional groups attached to an aromatic ring is 1. The molecular weight excluding hydrogens is 478 g/mol. The van der Waals surface area contributed by atoms with Crippen LogP contribution in [0.3, 0.4) is 0 Å². The van der Waals surface area contributed by atoms with E-state index in [1.54, 1.807) is 0 Å². The van der Waals surface area contributed by atoms with Crippen molar-refractivity contribution in [2.45, 2.75) is 31.7 Å². The van der Waals surface area contributed by atoms with Gasteiger partial charge < -0.3 is 20.1 Å². The number of amidine groups is 1. The molecule has 0 spiro atoms. The van der Waals surface area contributed by atoms with Crippen LogP contribution in [-0.2, 0) is 20.7 Å². The zero-order valence-corrected chi connectivity index (χ0v) is 21.6. The van der Waals surface area contributed by atoms with E-state index in [1.165, 1.54) is 12.7 Å². The molecule has 3 N–H and O–H groups in total. The highest BCUT2D eigenvalue weighted by molar-refractivity contribution is 5.97. The summed E-state index contributed by atoms with van der Waals surface area (Å²) in [5.41, 5.74) is 10.1. The molecule has 0 aromatic heterocycles. The van der Waals surface area contributed by atoms with E-state index in [2.05, 4.69) is 12.1 Å². The lowest BCUT2D eigenvalue weighted by molar-refractivity contribution is -0.140. The predicted molar refractivity (Wildman–Crippen MR) is 148 cm³/mol. The molecule has 1 aliphatic rings. The lowest BCUT2D eigenvalue weighted by Gasteiger charge is -2.25. The summed E-state index contributed by atoms with van der Waals surface area (Å²) in [7, 11) is 1.35. The van der Waals surface area contributed by atoms with E-state index in [-0.39, 0.29) is 30.2 Å². The van der Waals surface area contributed by atoms with Crippen molar-refractivity contribution in [1.29, 1.82) is 5.41 Å². The Morgan fingerprint density at radius 1 is 0.947 bits per heavy atom. The molecule has 1 amide bonds. The van der Waals surface area contributed by atoms with Crippen LogP contribution in [-0.4, -0.2) is 48.9 Å². The molecule has 7 nitrogen and oxygen atoms in total. The summed E-state index contributed by atoms with van der Waals surface area (Å²) in [6, 6.07) is 25.3. The SMILES string of the molecule is COC(=O)CCC1=CC(COc2ccc(-c3ccc(C(=N)N)cc3)cc2)N(CCCc2ccccc2)C1=O. The van der Waals surface area contributed by atoms with Gasteiger partial charge in [-0.15, -0.1) is 0 Å². The van der Waals surface area contributed by atoms with Crippen LogP contribution in [0.15, 0.2) is 90.5 Å². The summed E-state index contributed by atoms with van der Waals surface area (Å²) >= 11 is 0. The third kappa shape index (κ3) is 6.88. The topological polar surface area (TPSA) is 106 Å². The Labute approximate surface area is 223 Å². The van der Waals surface area contributed by atoms with Crippen molar-refractivity contribution in [3.05, 3.63) is 102 Å². The molecule has 0 saturated heterocycles. The number of nitrogens with one attached hydrogen (secondary N) is 1. The van der Waals surface area contributed by atoms with E-state index >= 15 is 0 Å². The van der Waals surface area contributed by atoms with Gasteiger partial charge in [-0.25, -0.2) is 0 Å². The maximum atomic E-state index is 13.2. The quantitative estimate of drug-likeness (QED) is 0.208. The van der Waals surface area contributed by atoms with Gasteiger partial charge in [0.05, 0.1) is 13.2 Å². The van der Waals surface area contributed by atoms with Crippen LogP contribution in [0.5, 0.6) is 5.75 Å². The van der Waals surface area contributed by atoms with Gasteiger partial charge in [0.15, 0.2) is 0 Å². The first kappa shape index (κ1) is 26.7. The van der Waals surface area contributed by atoms with E-state index in [0.29, 0.717) is 36.5 Å². The molecule has 1 atom stereocenters. The van der Waals surface area contributed by atoms with E-state index in [4.69, 9.17) is 20.6 Å². The maximum absolute atomic E-state index is 13.2. The van der Waals surface area contributed by atoms with Gasteiger partial charge in [-0.3, -0.25) is 15.0 Å². The summed E-state index contributed by atoms with van der Waals surface area (Å²) in [6.45, 7) is 0.931. The first-order valence-corrected chi connectivity index (χ1v) is 12.7. The van der Waals surface area contributed by atoms with Crippen molar-refractivity contribution < 1.29 is 19.1 Å². The number of aryl methyl sites for hydroxylation is 1. The smallest absolute Gasteiger partial charge is 0.305 e. The first-order valence-electron chi connectivity index (χ1n) is 12.7. The molecule has 7 heteroatoms. The molecule has 0 bridgehead atoms. The molecule has 0 saturated carbocycles. The van der Waals surface area contributed by atoms with Gasteiger partial charge >= 0.3 is 5.97 Å². The molecule has 196 valence electrons. The summed E-state index contributed by atoms with van der Waals surface area (Å²) in [6.07, 6.45) is 4.17. The number of amides is 1. The van der Waals surface area contributed by atoms with Gasteiger partial charge in [0.25, 0.3) is 0 Å². The zero-order chi connectivity index (χ0) is 26.9. The molecule has 0 fully saturated rings. The van der Waals surface area contributed by atoms with Crippen molar-refractivity contribution in [3.63, 3.8) is 0 Å². The monoisotopic (exact) mass is 511 g/mol. The third-order valence-electron chi connectivity index (χ3n) is 6.67. The van der Waals surface area contributed by atoms with E-state index in [9.17, 15) is 9.59 Å². The fourth-order valence-electron chi connectivity index (χ4n) is 4.53. The number of hydrogen-bond donors (Lipinski definition) is 2. The Balaban J connectivity index is 1.39. The average Bonchev–Trinajstić information content (AvgIpc) is 3.25. The molecule has 0 aliphatic carbocycles. The Morgan fingerprint density at radius 2 is 1.61 bits per heavy atom. The van der Waals surface area contributed by atoms with Gasteiger partial charge in [-0.2, -0.15) is 0 Å². The number of esters is 1. The maximum Gasteiger partial charge on any atom is 0.305 e. The number of carbonyl (C=O) groups is 2. The average molecular weight is 512 g/mol. The number of rotatable bonds is 12. The highest BCUT2D eigenvalue weighted by Crippen LogP contribution is 2.26. The number of nitrogens with two attached hydrogens (primary N) is 1. The molecule has 1 unspecified atom stereocenters. The second-order valence-corrected chi connectivity index (χ2v) is 9.25. The Bertz CT molecular complexity index is 1280. The third-order valence-corrected chi connectivity index (χ3v) is 6.67. The fraction of sp³-hybridized carbons (Fsp3) is 0.258. The number of benzene rings is 3. The summed E-state index contributed by atoms with van der Waals surface area (Å²) in [5.74, 6) is 0.384.